The molecule has 1 atom stereocenters. The van der Waals surface area contributed by atoms with Gasteiger partial charge in [-0.05, 0) is 37.7 Å². The first-order chi connectivity index (χ1) is 7.34. The topological polar surface area (TPSA) is 26.0 Å². The smallest absolute Gasteiger partial charge is 0.00790 e. The van der Waals surface area contributed by atoms with Gasteiger partial charge >= 0.3 is 0 Å². The molecule has 0 amide bonds. The maximum atomic E-state index is 5.95. The highest BCUT2D eigenvalue weighted by atomic mass is 14.6. The van der Waals surface area contributed by atoms with E-state index in [9.17, 15) is 0 Å². The number of nitrogens with two attached hydrogens (primary N) is 1. The van der Waals surface area contributed by atoms with E-state index in [1.807, 2.05) is 0 Å². The van der Waals surface area contributed by atoms with Crippen molar-refractivity contribution in [1.29, 1.82) is 0 Å². The zero-order valence-electron chi connectivity index (χ0n) is 9.15. The van der Waals surface area contributed by atoms with Crippen molar-refractivity contribution < 1.29 is 0 Å². The third-order valence-electron chi connectivity index (χ3n) is 3.07. The second kappa shape index (κ2) is 5.13. The Morgan fingerprint density at radius 1 is 1.13 bits per heavy atom. The van der Waals surface area contributed by atoms with Crippen molar-refractivity contribution in [3.8, 4) is 0 Å². The van der Waals surface area contributed by atoms with Gasteiger partial charge in [-0.2, -0.15) is 0 Å². The average molecular weight is 201 g/mol. The lowest BCUT2D eigenvalue weighted by Gasteiger charge is -2.18. The summed E-state index contributed by atoms with van der Waals surface area (Å²) in [6.07, 6.45) is 8.15. The quantitative estimate of drug-likeness (QED) is 0.747. The highest BCUT2D eigenvalue weighted by Gasteiger charge is 2.10. The van der Waals surface area contributed by atoms with Crippen LogP contribution in [0.2, 0.25) is 0 Å². The van der Waals surface area contributed by atoms with E-state index in [1.54, 1.807) is 5.57 Å². The summed E-state index contributed by atoms with van der Waals surface area (Å²) in [6, 6.07) is 11.1. The highest BCUT2D eigenvalue weighted by Crippen LogP contribution is 2.21. The minimum atomic E-state index is 0.403. The molecule has 1 aliphatic carbocycles. The van der Waals surface area contributed by atoms with Crippen LogP contribution in [0.3, 0.4) is 0 Å². The summed E-state index contributed by atoms with van der Waals surface area (Å²) in [7, 11) is 0. The summed E-state index contributed by atoms with van der Waals surface area (Å²) in [6.45, 7) is 0. The minimum Gasteiger partial charge on any atom is -0.327 e. The Labute approximate surface area is 92.0 Å². The Morgan fingerprint density at radius 3 is 2.67 bits per heavy atom. The first kappa shape index (κ1) is 10.4. The van der Waals surface area contributed by atoms with Gasteiger partial charge in [0.05, 0.1) is 0 Å². The molecule has 0 radical (unpaired) electrons. The number of aryl methyl sites for hydroxylation is 1. The van der Waals surface area contributed by atoms with Crippen LogP contribution in [-0.2, 0) is 6.42 Å². The van der Waals surface area contributed by atoms with E-state index < -0.39 is 0 Å². The molecule has 0 saturated carbocycles. The summed E-state index contributed by atoms with van der Waals surface area (Å²) in [5, 5.41) is 0. The molecular formula is C14H19N. The summed E-state index contributed by atoms with van der Waals surface area (Å²) >= 11 is 0. The highest BCUT2D eigenvalue weighted by molar-refractivity contribution is 5.17. The molecule has 0 aliphatic heterocycles. The molecule has 15 heavy (non-hydrogen) atoms. The van der Waals surface area contributed by atoms with Crippen molar-refractivity contribution in [3.63, 3.8) is 0 Å². The number of benzene rings is 1. The summed E-state index contributed by atoms with van der Waals surface area (Å²) in [4.78, 5) is 0. The molecule has 80 valence electrons. The molecule has 0 spiro atoms. The fraction of sp³-hybridized carbons (Fsp3) is 0.429. The monoisotopic (exact) mass is 201 g/mol. The fourth-order valence-corrected chi connectivity index (χ4v) is 2.18. The van der Waals surface area contributed by atoms with Gasteiger partial charge in [-0.1, -0.05) is 42.0 Å². The zero-order chi connectivity index (χ0) is 10.5. The summed E-state index contributed by atoms with van der Waals surface area (Å²) in [5.41, 5.74) is 8.93. The predicted molar refractivity (Wildman–Crippen MR) is 64.7 cm³/mol. The first-order valence-electron chi connectivity index (χ1n) is 5.82. The van der Waals surface area contributed by atoms with Crippen molar-refractivity contribution in [2.45, 2.75) is 38.1 Å². The number of hydrogen-bond donors (Lipinski definition) is 1. The first-order valence-corrected chi connectivity index (χ1v) is 5.82. The number of allylic oxidation sites excluding steroid dienone is 1. The van der Waals surface area contributed by atoms with Crippen LogP contribution in [0, 0.1) is 0 Å². The van der Waals surface area contributed by atoms with E-state index in [2.05, 4.69) is 36.4 Å². The largest absolute Gasteiger partial charge is 0.327 e. The molecule has 0 bridgehead atoms. The van der Waals surface area contributed by atoms with Crippen LogP contribution in [0.1, 0.15) is 31.2 Å². The normalized spacial score (nSPS) is 21.1. The molecule has 2 rings (SSSR count). The van der Waals surface area contributed by atoms with Crippen LogP contribution in [0.15, 0.2) is 42.0 Å². The van der Waals surface area contributed by atoms with E-state index in [1.165, 1.54) is 18.4 Å². The lowest BCUT2D eigenvalue weighted by Crippen LogP contribution is -2.22. The van der Waals surface area contributed by atoms with Gasteiger partial charge in [-0.3, -0.25) is 0 Å². The van der Waals surface area contributed by atoms with Crippen LogP contribution in [0.5, 0.6) is 0 Å². The lowest BCUT2D eigenvalue weighted by molar-refractivity contribution is 0.572. The van der Waals surface area contributed by atoms with E-state index in [4.69, 9.17) is 5.73 Å². The number of rotatable bonds is 3. The average Bonchev–Trinajstić information content (AvgIpc) is 2.28. The van der Waals surface area contributed by atoms with E-state index in [-0.39, 0.29) is 0 Å². The van der Waals surface area contributed by atoms with Crippen molar-refractivity contribution in [3.05, 3.63) is 47.5 Å². The lowest BCUT2D eigenvalue weighted by atomic mass is 9.91. The maximum Gasteiger partial charge on any atom is 0.00790 e. The minimum absolute atomic E-state index is 0.403. The van der Waals surface area contributed by atoms with Gasteiger partial charge in [0.15, 0.2) is 0 Å². The molecular weight excluding hydrogens is 182 g/mol. The van der Waals surface area contributed by atoms with Crippen LogP contribution < -0.4 is 5.73 Å². The standard InChI is InChI=1S/C14H19N/c15-14-8-4-7-13(11-14)10-9-12-5-2-1-3-6-12/h1-3,5-7,14H,4,8-11,15H2. The SMILES string of the molecule is NC1CCC=C(CCc2ccccc2)C1. The van der Waals surface area contributed by atoms with Crippen LogP contribution in [0.4, 0.5) is 0 Å². The molecule has 0 aromatic heterocycles. The van der Waals surface area contributed by atoms with E-state index in [0.717, 1.165) is 19.3 Å². The Balaban J connectivity index is 1.86. The van der Waals surface area contributed by atoms with E-state index >= 15 is 0 Å². The van der Waals surface area contributed by atoms with Gasteiger partial charge < -0.3 is 5.73 Å². The van der Waals surface area contributed by atoms with Crippen LogP contribution in [-0.4, -0.2) is 6.04 Å². The van der Waals surface area contributed by atoms with Gasteiger partial charge in [0, 0.05) is 6.04 Å². The Morgan fingerprint density at radius 2 is 1.93 bits per heavy atom. The molecule has 0 heterocycles. The maximum absolute atomic E-state index is 5.95. The summed E-state index contributed by atoms with van der Waals surface area (Å²) < 4.78 is 0. The van der Waals surface area contributed by atoms with Crippen LogP contribution >= 0.6 is 0 Å². The van der Waals surface area contributed by atoms with Crippen molar-refractivity contribution in [1.82, 2.24) is 0 Å². The Hall–Kier alpha value is -1.08. The van der Waals surface area contributed by atoms with Crippen molar-refractivity contribution in [2.24, 2.45) is 5.73 Å². The summed E-state index contributed by atoms with van der Waals surface area (Å²) in [5.74, 6) is 0. The predicted octanol–water partition coefficient (Wildman–Crippen LogP) is 3.06. The molecule has 1 nitrogen and oxygen atoms in total. The second-order valence-electron chi connectivity index (χ2n) is 4.39. The van der Waals surface area contributed by atoms with Crippen molar-refractivity contribution >= 4 is 0 Å². The molecule has 1 aliphatic rings. The van der Waals surface area contributed by atoms with Gasteiger partial charge in [0.2, 0.25) is 0 Å². The van der Waals surface area contributed by atoms with Gasteiger partial charge in [0.1, 0.15) is 0 Å². The zero-order valence-corrected chi connectivity index (χ0v) is 9.15. The molecule has 2 N–H and O–H groups in total. The van der Waals surface area contributed by atoms with Gasteiger partial charge in [0.25, 0.3) is 0 Å². The second-order valence-corrected chi connectivity index (χ2v) is 4.39. The van der Waals surface area contributed by atoms with Gasteiger partial charge in [-0.15, -0.1) is 0 Å². The van der Waals surface area contributed by atoms with Crippen molar-refractivity contribution in [2.75, 3.05) is 0 Å². The molecule has 0 fully saturated rings. The third kappa shape index (κ3) is 3.21. The molecule has 1 unspecified atom stereocenters. The van der Waals surface area contributed by atoms with Gasteiger partial charge in [-0.25, -0.2) is 0 Å². The Bertz CT molecular complexity index is 326. The number of hydrogen-bond acceptors (Lipinski definition) is 1. The van der Waals surface area contributed by atoms with E-state index in [0.29, 0.717) is 6.04 Å². The fourth-order valence-electron chi connectivity index (χ4n) is 2.18. The molecule has 1 heteroatoms. The molecule has 1 aromatic carbocycles. The molecule has 0 saturated heterocycles. The third-order valence-corrected chi connectivity index (χ3v) is 3.07. The van der Waals surface area contributed by atoms with Crippen LogP contribution in [0.25, 0.3) is 0 Å². The molecule has 1 aromatic rings. The Kier molecular flexibility index (Phi) is 3.57.